The minimum Gasteiger partial charge on any atom is -0.369 e. The summed E-state index contributed by atoms with van der Waals surface area (Å²) in [5.74, 6) is -2.68. The zero-order valence-electron chi connectivity index (χ0n) is 10.2. The normalized spacial score (nSPS) is 19.4. The average molecular weight is 280 g/mol. The van der Waals surface area contributed by atoms with Crippen molar-refractivity contribution in [2.24, 2.45) is 0 Å². The van der Waals surface area contributed by atoms with E-state index >= 15 is 0 Å². The third-order valence-electron chi connectivity index (χ3n) is 3.26. The number of nitrogen functional groups attached to an aromatic ring is 1. The van der Waals surface area contributed by atoms with E-state index in [-0.39, 0.29) is 35.7 Å². The molecule has 0 spiro atoms. The van der Waals surface area contributed by atoms with E-state index in [1.807, 2.05) is 0 Å². The van der Waals surface area contributed by atoms with Crippen LogP contribution in [0.5, 0.6) is 0 Å². The number of hydrogen-bond acceptors (Lipinski definition) is 4. The summed E-state index contributed by atoms with van der Waals surface area (Å²) in [4.78, 5) is 26.8. The Kier molecular flexibility index (Phi) is 2.66. The van der Waals surface area contributed by atoms with Crippen molar-refractivity contribution in [2.45, 2.75) is 18.9 Å². The van der Waals surface area contributed by atoms with Crippen LogP contribution in [0, 0.1) is 11.6 Å². The van der Waals surface area contributed by atoms with Crippen molar-refractivity contribution >= 4 is 28.8 Å². The van der Waals surface area contributed by atoms with Gasteiger partial charge in [0.25, 0.3) is 0 Å². The predicted molar refractivity (Wildman–Crippen MR) is 65.5 cm³/mol. The van der Waals surface area contributed by atoms with E-state index in [1.165, 1.54) is 4.57 Å². The predicted octanol–water partition coefficient (Wildman–Crippen LogP) is 0.874. The maximum absolute atomic E-state index is 13.6. The number of anilines is 1. The first kappa shape index (κ1) is 12.5. The van der Waals surface area contributed by atoms with Gasteiger partial charge < -0.3 is 5.73 Å². The minimum atomic E-state index is -0.849. The van der Waals surface area contributed by atoms with E-state index in [4.69, 9.17) is 5.73 Å². The molecule has 3 N–H and O–H groups in total. The Balaban J connectivity index is 2.18. The van der Waals surface area contributed by atoms with E-state index in [2.05, 4.69) is 10.3 Å². The molecule has 1 atom stereocenters. The lowest BCUT2D eigenvalue weighted by molar-refractivity contribution is -0.135. The van der Waals surface area contributed by atoms with Crippen LogP contribution in [0.15, 0.2) is 12.1 Å². The van der Waals surface area contributed by atoms with E-state index < -0.39 is 23.6 Å². The van der Waals surface area contributed by atoms with Gasteiger partial charge in [-0.25, -0.2) is 13.8 Å². The fraction of sp³-hybridized carbons (Fsp3) is 0.250. The van der Waals surface area contributed by atoms with E-state index in [1.54, 1.807) is 0 Å². The van der Waals surface area contributed by atoms with E-state index in [0.29, 0.717) is 6.07 Å². The zero-order valence-corrected chi connectivity index (χ0v) is 10.2. The van der Waals surface area contributed by atoms with Crippen molar-refractivity contribution in [1.29, 1.82) is 0 Å². The lowest BCUT2D eigenvalue weighted by Crippen LogP contribution is -2.41. The van der Waals surface area contributed by atoms with Gasteiger partial charge in [0.15, 0.2) is 5.82 Å². The second-order valence-corrected chi connectivity index (χ2v) is 4.56. The zero-order chi connectivity index (χ0) is 14.4. The van der Waals surface area contributed by atoms with E-state index in [9.17, 15) is 18.4 Å². The number of imidazole rings is 1. The smallest absolute Gasteiger partial charge is 0.249 e. The van der Waals surface area contributed by atoms with Gasteiger partial charge in [0.2, 0.25) is 17.8 Å². The maximum Gasteiger partial charge on any atom is 0.249 e. The molecule has 1 aromatic carbocycles. The molecule has 3 rings (SSSR count). The number of halogens is 2. The summed E-state index contributed by atoms with van der Waals surface area (Å²) in [5.41, 5.74) is 5.69. The second kappa shape index (κ2) is 4.26. The molecule has 1 saturated heterocycles. The second-order valence-electron chi connectivity index (χ2n) is 4.56. The monoisotopic (exact) mass is 280 g/mol. The molecule has 1 unspecified atom stereocenters. The number of piperidine rings is 1. The van der Waals surface area contributed by atoms with Gasteiger partial charge in [0.05, 0.1) is 5.52 Å². The van der Waals surface area contributed by atoms with Crippen molar-refractivity contribution in [1.82, 2.24) is 14.9 Å². The number of imide groups is 1. The van der Waals surface area contributed by atoms with Crippen molar-refractivity contribution in [3.63, 3.8) is 0 Å². The average Bonchev–Trinajstić information content (AvgIpc) is 2.67. The summed E-state index contributed by atoms with van der Waals surface area (Å²) < 4.78 is 28.2. The Morgan fingerprint density at radius 1 is 1.35 bits per heavy atom. The number of benzene rings is 1. The first-order chi connectivity index (χ1) is 9.47. The van der Waals surface area contributed by atoms with Crippen LogP contribution in [-0.2, 0) is 9.59 Å². The molecule has 1 fully saturated rings. The van der Waals surface area contributed by atoms with Gasteiger partial charge in [-0.1, -0.05) is 0 Å². The highest BCUT2D eigenvalue weighted by Crippen LogP contribution is 2.29. The van der Waals surface area contributed by atoms with Crippen molar-refractivity contribution in [2.75, 3.05) is 5.73 Å². The Bertz CT molecular complexity index is 741. The number of carbonyl (C=O) groups excluding carboxylic acids is 2. The largest absolute Gasteiger partial charge is 0.369 e. The molecule has 1 aromatic heterocycles. The summed E-state index contributed by atoms with van der Waals surface area (Å²) in [6, 6.07) is 0.952. The molecule has 1 aliphatic heterocycles. The van der Waals surface area contributed by atoms with E-state index in [0.717, 1.165) is 6.07 Å². The number of carbonyl (C=O) groups is 2. The first-order valence-electron chi connectivity index (χ1n) is 5.93. The van der Waals surface area contributed by atoms with Crippen LogP contribution < -0.4 is 11.1 Å². The standard InChI is InChI=1S/C12H10F2N4O2/c13-5-3-6(14)10-8(4-5)18(12(15)17-10)7-1-2-9(19)16-11(7)20/h3-4,7H,1-2H2,(H2,15,17)(H,16,19,20). The number of hydrogen-bond donors (Lipinski definition) is 2. The van der Waals surface area contributed by atoms with Crippen molar-refractivity contribution in [3.05, 3.63) is 23.8 Å². The van der Waals surface area contributed by atoms with Crippen LogP contribution in [0.25, 0.3) is 11.0 Å². The fourth-order valence-corrected chi connectivity index (χ4v) is 2.39. The Hall–Kier alpha value is -2.51. The molecule has 0 radical (unpaired) electrons. The number of fused-ring (bicyclic) bond motifs is 1. The van der Waals surface area contributed by atoms with Gasteiger partial charge in [-0.15, -0.1) is 0 Å². The third-order valence-corrected chi connectivity index (χ3v) is 3.26. The topological polar surface area (TPSA) is 90.0 Å². The lowest BCUT2D eigenvalue weighted by Gasteiger charge is -2.23. The molecular weight excluding hydrogens is 270 g/mol. The van der Waals surface area contributed by atoms with Crippen LogP contribution in [0.2, 0.25) is 0 Å². The SMILES string of the molecule is Nc1nc2c(F)cc(F)cc2n1C1CCC(=O)NC1=O. The van der Waals surface area contributed by atoms with Crippen LogP contribution in [0.1, 0.15) is 18.9 Å². The van der Waals surface area contributed by atoms with Crippen LogP contribution >= 0.6 is 0 Å². The van der Waals surface area contributed by atoms with Crippen molar-refractivity contribution < 1.29 is 18.4 Å². The molecular formula is C12H10F2N4O2. The number of amides is 2. The Labute approximate surface area is 111 Å². The molecule has 0 aliphatic carbocycles. The quantitative estimate of drug-likeness (QED) is 0.758. The fourth-order valence-electron chi connectivity index (χ4n) is 2.39. The molecule has 0 saturated carbocycles. The molecule has 6 nitrogen and oxygen atoms in total. The number of nitrogens with two attached hydrogens (primary N) is 1. The molecule has 0 bridgehead atoms. The summed E-state index contributed by atoms with van der Waals surface area (Å²) >= 11 is 0. The van der Waals surface area contributed by atoms with Gasteiger partial charge in [-0.05, 0) is 6.42 Å². The Morgan fingerprint density at radius 2 is 2.10 bits per heavy atom. The molecule has 2 aromatic rings. The van der Waals surface area contributed by atoms with Gasteiger partial charge >= 0.3 is 0 Å². The highest BCUT2D eigenvalue weighted by Gasteiger charge is 2.31. The van der Waals surface area contributed by atoms with Crippen LogP contribution in [0.3, 0.4) is 0 Å². The number of nitrogens with zero attached hydrogens (tertiary/aromatic N) is 2. The van der Waals surface area contributed by atoms with Gasteiger partial charge in [-0.2, -0.15) is 0 Å². The highest BCUT2D eigenvalue weighted by molar-refractivity contribution is 6.00. The summed E-state index contributed by atoms with van der Waals surface area (Å²) in [7, 11) is 0. The van der Waals surface area contributed by atoms with Crippen molar-refractivity contribution in [3.8, 4) is 0 Å². The number of nitrogens with one attached hydrogen (secondary N) is 1. The third kappa shape index (κ3) is 1.80. The summed E-state index contributed by atoms with van der Waals surface area (Å²) in [6.07, 6.45) is 0.339. The molecule has 1 aliphatic rings. The van der Waals surface area contributed by atoms with Crippen LogP contribution in [-0.4, -0.2) is 21.4 Å². The number of rotatable bonds is 1. The summed E-state index contributed by atoms with van der Waals surface area (Å²) in [6.45, 7) is 0. The van der Waals surface area contributed by atoms with Crippen LogP contribution in [0.4, 0.5) is 14.7 Å². The molecule has 2 heterocycles. The Morgan fingerprint density at radius 3 is 2.80 bits per heavy atom. The van der Waals surface area contributed by atoms with Gasteiger partial charge in [0.1, 0.15) is 17.4 Å². The lowest BCUT2D eigenvalue weighted by atomic mass is 10.1. The van der Waals surface area contributed by atoms with Gasteiger partial charge in [0, 0.05) is 18.6 Å². The minimum absolute atomic E-state index is 0.0921. The summed E-state index contributed by atoms with van der Waals surface area (Å²) in [5, 5.41) is 2.17. The first-order valence-corrected chi connectivity index (χ1v) is 5.93. The molecule has 2 amide bonds. The molecule has 8 heteroatoms. The highest BCUT2D eigenvalue weighted by atomic mass is 19.1. The molecule has 20 heavy (non-hydrogen) atoms. The maximum atomic E-state index is 13.6. The molecule has 104 valence electrons. The number of aromatic nitrogens is 2. The van der Waals surface area contributed by atoms with Gasteiger partial charge in [-0.3, -0.25) is 19.5 Å².